The van der Waals surface area contributed by atoms with Gasteiger partial charge in [-0.15, -0.1) is 0 Å². The number of esters is 1. The number of aryl methyl sites for hydroxylation is 1. The molecule has 1 aliphatic heterocycles. The molecule has 5 nitrogen and oxygen atoms in total. The van der Waals surface area contributed by atoms with Gasteiger partial charge in [0.1, 0.15) is 5.75 Å². The van der Waals surface area contributed by atoms with Crippen LogP contribution in [0.2, 0.25) is 0 Å². The van der Waals surface area contributed by atoms with Crippen LogP contribution in [-0.4, -0.2) is 17.5 Å². The summed E-state index contributed by atoms with van der Waals surface area (Å²) in [5.74, 6) is 0.00300. The fraction of sp³-hybridized carbons (Fsp3) is 0.296. The van der Waals surface area contributed by atoms with Gasteiger partial charge >= 0.3 is 13.6 Å². The Kier molecular flexibility index (Phi) is 6.22. The Labute approximate surface area is 194 Å². The average Bonchev–Trinajstić information content (AvgIpc) is 3.07. The predicted molar refractivity (Wildman–Crippen MR) is 129 cm³/mol. The SMILES string of the molecule is CCCc1cccc(C2(c3ccc(OP(C)(=O)O)c(C(C)C)c3)OC(=O)c3ccccc32)c1. The molecule has 1 N–H and O–H groups in total. The van der Waals surface area contributed by atoms with Gasteiger partial charge in [-0.2, -0.15) is 0 Å². The zero-order chi connectivity index (χ0) is 23.8. The van der Waals surface area contributed by atoms with E-state index in [0.29, 0.717) is 11.3 Å². The summed E-state index contributed by atoms with van der Waals surface area (Å²) in [5, 5.41) is 0. The van der Waals surface area contributed by atoms with Crippen molar-refractivity contribution in [3.8, 4) is 5.75 Å². The number of rotatable bonds is 7. The standard InChI is InChI=1S/C27H29O5P/c1-5-9-19-10-8-11-20(16-19)27(24-13-7-6-12-22(24)26(28)31-27)21-14-15-25(32-33(4,29)30)23(17-21)18(2)3/h6-8,10-18H,5,9H2,1-4H3,(H,29,30). The van der Waals surface area contributed by atoms with Crippen LogP contribution in [0.3, 0.4) is 0 Å². The van der Waals surface area contributed by atoms with E-state index in [1.807, 2.05) is 56.3 Å². The van der Waals surface area contributed by atoms with E-state index >= 15 is 0 Å². The number of hydrogen-bond acceptors (Lipinski definition) is 4. The fourth-order valence-electron chi connectivity index (χ4n) is 4.53. The minimum absolute atomic E-state index is 0.0160. The van der Waals surface area contributed by atoms with Gasteiger partial charge in [-0.25, -0.2) is 9.36 Å². The molecule has 6 heteroatoms. The van der Waals surface area contributed by atoms with Gasteiger partial charge < -0.3 is 14.2 Å². The molecule has 33 heavy (non-hydrogen) atoms. The molecule has 0 fully saturated rings. The zero-order valence-corrected chi connectivity index (χ0v) is 20.3. The van der Waals surface area contributed by atoms with E-state index in [1.165, 1.54) is 12.2 Å². The van der Waals surface area contributed by atoms with E-state index < -0.39 is 13.2 Å². The predicted octanol–water partition coefficient (Wildman–Crippen LogP) is 6.42. The molecular formula is C27H29O5P. The lowest BCUT2D eigenvalue weighted by molar-refractivity contribution is 0.0251. The molecule has 0 saturated carbocycles. The topological polar surface area (TPSA) is 72.8 Å². The van der Waals surface area contributed by atoms with Gasteiger partial charge in [0.25, 0.3) is 0 Å². The third-order valence-corrected chi connectivity index (χ3v) is 6.49. The van der Waals surface area contributed by atoms with Gasteiger partial charge in [-0.1, -0.05) is 75.7 Å². The highest BCUT2D eigenvalue weighted by Gasteiger charge is 2.48. The van der Waals surface area contributed by atoms with Crippen molar-refractivity contribution in [1.29, 1.82) is 0 Å². The lowest BCUT2D eigenvalue weighted by Crippen LogP contribution is -2.30. The minimum atomic E-state index is -3.73. The van der Waals surface area contributed by atoms with Crippen LogP contribution >= 0.6 is 7.60 Å². The maximum absolute atomic E-state index is 13.0. The van der Waals surface area contributed by atoms with E-state index in [2.05, 4.69) is 19.1 Å². The first kappa shape index (κ1) is 23.3. The Balaban J connectivity index is 1.98. The maximum atomic E-state index is 13.0. The molecule has 4 rings (SSSR count). The molecule has 3 aromatic rings. The molecule has 0 bridgehead atoms. The minimum Gasteiger partial charge on any atom is -0.441 e. The fourth-order valence-corrected chi connectivity index (χ4v) is 5.06. The highest BCUT2D eigenvalue weighted by molar-refractivity contribution is 7.52. The van der Waals surface area contributed by atoms with Crippen molar-refractivity contribution in [2.24, 2.45) is 0 Å². The van der Waals surface area contributed by atoms with Crippen LogP contribution in [0.15, 0.2) is 66.7 Å². The molecule has 0 spiro atoms. The molecule has 2 atom stereocenters. The number of carbonyl (C=O) groups is 1. The van der Waals surface area contributed by atoms with Crippen molar-refractivity contribution in [2.45, 2.75) is 45.1 Å². The first-order valence-electron chi connectivity index (χ1n) is 11.2. The summed E-state index contributed by atoms with van der Waals surface area (Å²) in [5.41, 5.74) is 3.80. The largest absolute Gasteiger partial charge is 0.441 e. The van der Waals surface area contributed by atoms with Gasteiger partial charge in [0.05, 0.1) is 5.56 Å². The van der Waals surface area contributed by atoms with Gasteiger partial charge in [0, 0.05) is 23.4 Å². The van der Waals surface area contributed by atoms with Crippen molar-refractivity contribution in [3.05, 3.63) is 100 Å². The first-order chi connectivity index (χ1) is 15.7. The summed E-state index contributed by atoms with van der Waals surface area (Å²) < 4.78 is 23.6. The van der Waals surface area contributed by atoms with E-state index in [9.17, 15) is 14.3 Å². The number of carbonyl (C=O) groups excluding carboxylic acids is 1. The monoisotopic (exact) mass is 464 g/mol. The maximum Gasteiger partial charge on any atom is 0.373 e. The second kappa shape index (κ2) is 8.81. The van der Waals surface area contributed by atoms with Crippen LogP contribution < -0.4 is 4.52 Å². The van der Waals surface area contributed by atoms with Gasteiger partial charge in [-0.3, -0.25) is 0 Å². The third-order valence-electron chi connectivity index (χ3n) is 5.95. The second-order valence-electron chi connectivity index (χ2n) is 8.87. The quantitative estimate of drug-likeness (QED) is 0.323. The number of hydrogen-bond donors (Lipinski definition) is 1. The molecule has 2 unspecified atom stereocenters. The van der Waals surface area contributed by atoms with Crippen LogP contribution in [-0.2, 0) is 21.3 Å². The summed E-state index contributed by atoms with van der Waals surface area (Å²) >= 11 is 0. The van der Waals surface area contributed by atoms with Crippen LogP contribution in [0.5, 0.6) is 5.75 Å². The van der Waals surface area contributed by atoms with Crippen LogP contribution in [0.25, 0.3) is 0 Å². The van der Waals surface area contributed by atoms with Crippen molar-refractivity contribution in [2.75, 3.05) is 6.66 Å². The Morgan fingerprint density at radius 2 is 1.76 bits per heavy atom. The first-order valence-corrected chi connectivity index (χ1v) is 13.2. The van der Waals surface area contributed by atoms with Gasteiger partial charge in [-0.05, 0) is 41.7 Å². The van der Waals surface area contributed by atoms with Crippen molar-refractivity contribution >= 4 is 13.6 Å². The van der Waals surface area contributed by atoms with Crippen LogP contribution in [0, 0.1) is 0 Å². The Bertz CT molecular complexity index is 1240. The van der Waals surface area contributed by atoms with Gasteiger partial charge in [0.2, 0.25) is 0 Å². The average molecular weight is 464 g/mol. The summed E-state index contributed by atoms with van der Waals surface area (Å²) in [7, 11) is -3.73. The van der Waals surface area contributed by atoms with E-state index in [-0.39, 0.29) is 11.9 Å². The van der Waals surface area contributed by atoms with Crippen molar-refractivity contribution < 1.29 is 23.5 Å². The number of benzene rings is 3. The Morgan fingerprint density at radius 3 is 2.45 bits per heavy atom. The second-order valence-corrected chi connectivity index (χ2v) is 10.7. The summed E-state index contributed by atoms with van der Waals surface area (Å²) in [6, 6.07) is 21.1. The number of cyclic esters (lactones) is 1. The molecule has 1 aliphatic rings. The van der Waals surface area contributed by atoms with Crippen molar-refractivity contribution in [3.63, 3.8) is 0 Å². The Morgan fingerprint density at radius 1 is 1.03 bits per heavy atom. The van der Waals surface area contributed by atoms with E-state index in [4.69, 9.17) is 9.26 Å². The molecule has 0 radical (unpaired) electrons. The van der Waals surface area contributed by atoms with E-state index in [1.54, 1.807) is 12.1 Å². The summed E-state index contributed by atoms with van der Waals surface area (Å²) in [6.45, 7) is 7.29. The van der Waals surface area contributed by atoms with Gasteiger partial charge in [0.15, 0.2) is 5.60 Å². The summed E-state index contributed by atoms with van der Waals surface area (Å²) in [4.78, 5) is 22.8. The van der Waals surface area contributed by atoms with Crippen LogP contribution in [0.1, 0.15) is 71.3 Å². The molecule has 172 valence electrons. The molecular weight excluding hydrogens is 435 g/mol. The smallest absolute Gasteiger partial charge is 0.373 e. The molecule has 0 aliphatic carbocycles. The summed E-state index contributed by atoms with van der Waals surface area (Å²) in [6.07, 6.45) is 1.93. The molecule has 0 aromatic heterocycles. The van der Waals surface area contributed by atoms with Crippen molar-refractivity contribution in [1.82, 2.24) is 0 Å². The highest BCUT2D eigenvalue weighted by Crippen LogP contribution is 2.49. The molecule has 0 saturated heterocycles. The molecule has 1 heterocycles. The zero-order valence-electron chi connectivity index (χ0n) is 19.4. The van der Waals surface area contributed by atoms with Crippen LogP contribution in [0.4, 0.5) is 0 Å². The number of fused-ring (bicyclic) bond motifs is 1. The Hall–Kier alpha value is -2.88. The number of ether oxygens (including phenoxy) is 1. The normalized spacial score (nSPS) is 19.2. The molecule has 3 aromatic carbocycles. The third kappa shape index (κ3) is 4.36. The lowest BCUT2D eigenvalue weighted by Gasteiger charge is -2.31. The highest BCUT2D eigenvalue weighted by atomic mass is 31.2. The van der Waals surface area contributed by atoms with E-state index in [0.717, 1.165) is 35.1 Å². The lowest BCUT2D eigenvalue weighted by atomic mass is 9.78. The molecule has 0 amide bonds.